The third-order valence-electron chi connectivity index (χ3n) is 1.99. The van der Waals surface area contributed by atoms with E-state index in [2.05, 4.69) is 17.6 Å². The van der Waals surface area contributed by atoms with Crippen molar-refractivity contribution >= 4 is 29.5 Å². The molecular weight excluding hydrogens is 217 g/mol. The summed E-state index contributed by atoms with van der Waals surface area (Å²) in [6, 6.07) is 6.17. The molecule has 0 aliphatic heterocycles. The van der Waals surface area contributed by atoms with Gasteiger partial charge in [0.2, 0.25) is 5.95 Å². The van der Waals surface area contributed by atoms with Crippen LogP contribution < -0.4 is 0 Å². The van der Waals surface area contributed by atoms with E-state index in [1.807, 2.05) is 0 Å². The number of hydrogen-bond donors (Lipinski definition) is 2. The Labute approximate surface area is 90.0 Å². The van der Waals surface area contributed by atoms with E-state index in [-0.39, 0.29) is 0 Å². The fourth-order valence-corrected chi connectivity index (χ4v) is 1.48. The zero-order valence-electron chi connectivity index (χ0n) is 7.44. The van der Waals surface area contributed by atoms with Gasteiger partial charge in [0.1, 0.15) is 5.56 Å². The molecule has 0 saturated carbocycles. The Balaban J connectivity index is 2.76. The predicted octanol–water partition coefficient (Wildman–Crippen LogP) is 2.36. The van der Waals surface area contributed by atoms with Crippen molar-refractivity contribution in [2.45, 2.75) is 4.90 Å². The zero-order valence-corrected chi connectivity index (χ0v) is 8.33. The van der Waals surface area contributed by atoms with Crippen LogP contribution >= 0.6 is 12.6 Å². The van der Waals surface area contributed by atoms with E-state index >= 15 is 0 Å². The molecule has 0 spiro atoms. The second kappa shape index (κ2) is 3.51. The van der Waals surface area contributed by atoms with Crippen molar-refractivity contribution in [1.82, 2.24) is 4.98 Å². The molecule has 3 nitrogen and oxygen atoms in total. The molecule has 2 aromatic rings. The molecule has 1 heterocycles. The number of benzene rings is 1. The highest BCUT2D eigenvalue weighted by atomic mass is 32.1. The Bertz CT molecular complexity index is 556. The molecule has 5 heteroatoms. The molecule has 1 N–H and O–H groups in total. The lowest BCUT2D eigenvalue weighted by Crippen LogP contribution is -2.02. The van der Waals surface area contributed by atoms with Gasteiger partial charge in [0.05, 0.1) is 5.52 Å². The summed E-state index contributed by atoms with van der Waals surface area (Å²) in [7, 11) is 0. The predicted molar refractivity (Wildman–Crippen MR) is 55.9 cm³/mol. The number of aromatic carboxylic acids is 1. The number of fused-ring (bicyclic) bond motifs is 1. The van der Waals surface area contributed by atoms with E-state index in [1.54, 1.807) is 18.2 Å². The number of carboxylic acid groups (broad SMARTS) is 1. The Morgan fingerprint density at radius 1 is 1.40 bits per heavy atom. The second-order valence-electron chi connectivity index (χ2n) is 3.01. The average molecular weight is 223 g/mol. The maximum absolute atomic E-state index is 13.2. The summed E-state index contributed by atoms with van der Waals surface area (Å²) in [6.07, 6.45) is 0. The van der Waals surface area contributed by atoms with Crippen LogP contribution in [-0.2, 0) is 0 Å². The first-order chi connectivity index (χ1) is 7.08. The minimum absolute atomic E-state index is 0.394. The molecule has 76 valence electrons. The summed E-state index contributed by atoms with van der Waals surface area (Å²) in [4.78, 5) is 14.8. The van der Waals surface area contributed by atoms with Gasteiger partial charge >= 0.3 is 5.97 Å². The van der Waals surface area contributed by atoms with Crippen molar-refractivity contribution in [2.75, 3.05) is 0 Å². The summed E-state index contributed by atoms with van der Waals surface area (Å²) in [5.41, 5.74) is -0.0283. The topological polar surface area (TPSA) is 50.2 Å². The van der Waals surface area contributed by atoms with Gasteiger partial charge in [-0.25, -0.2) is 9.78 Å². The van der Waals surface area contributed by atoms with Crippen LogP contribution in [0.1, 0.15) is 10.4 Å². The van der Waals surface area contributed by atoms with Gasteiger partial charge < -0.3 is 5.11 Å². The van der Waals surface area contributed by atoms with Gasteiger partial charge in [-0.05, 0) is 18.2 Å². The van der Waals surface area contributed by atoms with Crippen LogP contribution in [0.25, 0.3) is 10.9 Å². The van der Waals surface area contributed by atoms with Crippen molar-refractivity contribution in [3.05, 3.63) is 35.8 Å². The molecule has 0 saturated heterocycles. The van der Waals surface area contributed by atoms with E-state index in [4.69, 9.17) is 5.11 Å². The maximum Gasteiger partial charge on any atom is 0.340 e. The van der Waals surface area contributed by atoms with Crippen molar-refractivity contribution < 1.29 is 14.3 Å². The Morgan fingerprint density at radius 2 is 2.13 bits per heavy atom. The number of halogens is 1. The third kappa shape index (κ3) is 1.78. The molecule has 15 heavy (non-hydrogen) atoms. The summed E-state index contributed by atoms with van der Waals surface area (Å²) >= 11 is 4.08. The fraction of sp³-hybridized carbons (Fsp3) is 0. The van der Waals surface area contributed by atoms with Crippen molar-refractivity contribution in [2.24, 2.45) is 0 Å². The first-order valence-electron chi connectivity index (χ1n) is 4.10. The number of hydrogen-bond acceptors (Lipinski definition) is 3. The standard InChI is InChI=1S/C10H6FNO2S/c11-9-7(10(13)14)3-5-1-2-6(15)4-8(5)12-9/h1-4,15H,(H,13,14). The molecule has 0 aliphatic carbocycles. The molecular formula is C10H6FNO2S. The smallest absolute Gasteiger partial charge is 0.340 e. The SMILES string of the molecule is O=C(O)c1cc2ccc(S)cc2nc1F. The molecule has 1 aromatic carbocycles. The Kier molecular flexibility index (Phi) is 2.32. The van der Waals surface area contributed by atoms with E-state index in [0.717, 1.165) is 0 Å². The summed E-state index contributed by atoms with van der Waals surface area (Å²) in [5, 5.41) is 9.26. The molecule has 0 atom stereocenters. The number of rotatable bonds is 1. The van der Waals surface area contributed by atoms with Gasteiger partial charge in [-0.15, -0.1) is 12.6 Å². The molecule has 0 amide bonds. The van der Waals surface area contributed by atoms with Gasteiger partial charge in [-0.1, -0.05) is 6.07 Å². The van der Waals surface area contributed by atoms with Crippen molar-refractivity contribution in [1.29, 1.82) is 0 Å². The Morgan fingerprint density at radius 3 is 2.80 bits per heavy atom. The lowest BCUT2D eigenvalue weighted by molar-refractivity contribution is 0.0691. The van der Waals surface area contributed by atoms with Crippen LogP contribution in [0.15, 0.2) is 29.2 Å². The van der Waals surface area contributed by atoms with Gasteiger partial charge in [-0.3, -0.25) is 0 Å². The van der Waals surface area contributed by atoms with E-state index < -0.39 is 17.5 Å². The number of nitrogens with zero attached hydrogens (tertiary/aromatic N) is 1. The lowest BCUT2D eigenvalue weighted by Gasteiger charge is -2.01. The largest absolute Gasteiger partial charge is 0.478 e. The van der Waals surface area contributed by atoms with Gasteiger partial charge in [0.15, 0.2) is 0 Å². The monoisotopic (exact) mass is 223 g/mol. The van der Waals surface area contributed by atoms with Crippen molar-refractivity contribution in [3.63, 3.8) is 0 Å². The van der Waals surface area contributed by atoms with Crippen LogP contribution in [0.2, 0.25) is 0 Å². The van der Waals surface area contributed by atoms with E-state index in [9.17, 15) is 9.18 Å². The maximum atomic E-state index is 13.2. The highest BCUT2D eigenvalue weighted by Gasteiger charge is 2.12. The summed E-state index contributed by atoms with van der Waals surface area (Å²) < 4.78 is 13.2. The minimum Gasteiger partial charge on any atom is -0.478 e. The summed E-state index contributed by atoms with van der Waals surface area (Å²) in [6.45, 7) is 0. The molecule has 0 unspecified atom stereocenters. The van der Waals surface area contributed by atoms with E-state index in [1.165, 1.54) is 6.07 Å². The van der Waals surface area contributed by atoms with Gasteiger partial charge in [0, 0.05) is 10.3 Å². The van der Waals surface area contributed by atoms with Gasteiger partial charge in [-0.2, -0.15) is 4.39 Å². The molecule has 0 radical (unpaired) electrons. The lowest BCUT2D eigenvalue weighted by atomic mass is 10.1. The highest BCUT2D eigenvalue weighted by Crippen LogP contribution is 2.19. The average Bonchev–Trinajstić information content (AvgIpc) is 2.15. The molecule has 0 fully saturated rings. The number of aromatic nitrogens is 1. The van der Waals surface area contributed by atoms with E-state index in [0.29, 0.717) is 15.8 Å². The third-order valence-corrected chi connectivity index (χ3v) is 2.26. The summed E-state index contributed by atoms with van der Waals surface area (Å²) in [5.74, 6) is -2.30. The second-order valence-corrected chi connectivity index (χ2v) is 3.53. The van der Waals surface area contributed by atoms with Gasteiger partial charge in [0.25, 0.3) is 0 Å². The first kappa shape index (κ1) is 9.92. The zero-order chi connectivity index (χ0) is 11.0. The van der Waals surface area contributed by atoms with Crippen LogP contribution in [0.5, 0.6) is 0 Å². The van der Waals surface area contributed by atoms with Crippen LogP contribution in [0.4, 0.5) is 4.39 Å². The Hall–Kier alpha value is -1.62. The first-order valence-corrected chi connectivity index (χ1v) is 4.55. The molecule has 0 aliphatic rings. The van der Waals surface area contributed by atoms with Crippen molar-refractivity contribution in [3.8, 4) is 0 Å². The number of carboxylic acids is 1. The normalized spacial score (nSPS) is 10.5. The fourth-order valence-electron chi connectivity index (χ4n) is 1.28. The van der Waals surface area contributed by atoms with Crippen LogP contribution in [-0.4, -0.2) is 16.1 Å². The molecule has 1 aromatic heterocycles. The molecule has 0 bridgehead atoms. The molecule has 2 rings (SSSR count). The van der Waals surface area contributed by atoms with Crippen LogP contribution in [0.3, 0.4) is 0 Å². The number of pyridine rings is 1. The van der Waals surface area contributed by atoms with Crippen LogP contribution in [0, 0.1) is 5.95 Å². The number of carbonyl (C=O) groups is 1. The minimum atomic E-state index is -1.32. The quantitative estimate of drug-likeness (QED) is 0.576. The number of thiol groups is 1. The highest BCUT2D eigenvalue weighted by molar-refractivity contribution is 7.80.